The molecule has 0 aromatic rings. The van der Waals surface area contributed by atoms with Crippen LogP contribution in [-0.4, -0.2) is 77.3 Å². The lowest BCUT2D eigenvalue weighted by Crippen LogP contribution is -2.06. The Hall–Kier alpha value is -0.240. The van der Waals surface area contributed by atoms with Crippen LogP contribution < -0.4 is 0 Å². The third-order valence-electron chi connectivity index (χ3n) is 1.33. The van der Waals surface area contributed by atoms with Gasteiger partial charge < -0.3 is 29.2 Å². The van der Waals surface area contributed by atoms with Crippen LogP contribution in [0.15, 0.2) is 0 Å². The number of aliphatic hydroxyl groups excluding tert-OH is 2. The van der Waals surface area contributed by atoms with Gasteiger partial charge in [0.1, 0.15) is 0 Å². The van der Waals surface area contributed by atoms with Gasteiger partial charge in [-0.2, -0.15) is 0 Å². The van der Waals surface area contributed by atoms with Crippen LogP contribution in [0.5, 0.6) is 0 Å². The molecule has 0 aliphatic carbocycles. The van der Waals surface area contributed by atoms with Crippen molar-refractivity contribution in [2.24, 2.45) is 0 Å². The van der Waals surface area contributed by atoms with Gasteiger partial charge in [0.2, 0.25) is 0 Å². The van der Waals surface area contributed by atoms with Gasteiger partial charge in [-0.15, -0.1) is 0 Å². The van der Waals surface area contributed by atoms with Gasteiger partial charge in [0.25, 0.3) is 0 Å². The summed E-state index contributed by atoms with van der Waals surface area (Å²) in [5.41, 5.74) is 0. The quantitative estimate of drug-likeness (QED) is 0.491. The molecule has 0 aliphatic heterocycles. The number of ether oxygens (including phenoxy) is 4. The van der Waals surface area contributed by atoms with Crippen LogP contribution in [0.1, 0.15) is 0 Å². The van der Waals surface area contributed by atoms with Gasteiger partial charge in [-0.25, -0.2) is 0 Å². The van der Waals surface area contributed by atoms with Crippen LogP contribution in [0.4, 0.5) is 0 Å². The van der Waals surface area contributed by atoms with Crippen LogP contribution in [-0.2, 0) is 18.9 Å². The van der Waals surface area contributed by atoms with Crippen molar-refractivity contribution in [3.8, 4) is 0 Å². The molecule has 6 nitrogen and oxygen atoms in total. The Morgan fingerprint density at radius 2 is 1.00 bits per heavy atom. The molecule has 0 amide bonds. The van der Waals surface area contributed by atoms with E-state index in [4.69, 9.17) is 24.4 Å². The Labute approximate surface area is 97.1 Å². The van der Waals surface area contributed by atoms with Crippen molar-refractivity contribution in [1.82, 2.24) is 0 Å². The molecule has 0 aliphatic rings. The zero-order chi connectivity index (χ0) is 12.5. The maximum Gasteiger partial charge on any atom is 0.0701 e. The highest BCUT2D eigenvalue weighted by atomic mass is 16.5. The highest BCUT2D eigenvalue weighted by Crippen LogP contribution is 1.75. The normalized spacial score (nSPS) is 9.75. The average Bonchev–Trinajstić information content (AvgIpc) is 2.31. The van der Waals surface area contributed by atoms with E-state index in [0.717, 1.165) is 0 Å². The second kappa shape index (κ2) is 20.2. The molecule has 0 heterocycles. The molecule has 2 N–H and O–H groups in total. The van der Waals surface area contributed by atoms with Crippen LogP contribution in [0.25, 0.3) is 0 Å². The highest BCUT2D eigenvalue weighted by molar-refractivity contribution is 4.28. The first kappa shape index (κ1) is 18.1. The third-order valence-corrected chi connectivity index (χ3v) is 1.33. The zero-order valence-electron chi connectivity index (χ0n) is 10.2. The van der Waals surface area contributed by atoms with Crippen LogP contribution >= 0.6 is 0 Å². The molecule has 0 radical (unpaired) electrons. The molecule has 6 heteroatoms. The SMILES string of the molecule is COCCOCCOC.OCCOCCO. The maximum atomic E-state index is 8.09. The van der Waals surface area contributed by atoms with E-state index in [1.807, 2.05) is 0 Å². The molecule has 0 aromatic carbocycles. The Morgan fingerprint density at radius 1 is 0.625 bits per heavy atom. The van der Waals surface area contributed by atoms with Crippen molar-refractivity contribution in [3.05, 3.63) is 0 Å². The summed E-state index contributed by atoms with van der Waals surface area (Å²) in [4.78, 5) is 0. The van der Waals surface area contributed by atoms with Crippen molar-refractivity contribution in [2.75, 3.05) is 67.1 Å². The fraction of sp³-hybridized carbons (Fsp3) is 1.00. The second-order valence-electron chi connectivity index (χ2n) is 2.66. The standard InChI is InChI=1S/C6H14O3.C4H10O3/c1-7-3-5-9-6-4-8-2;5-1-3-7-4-2-6/h3-6H2,1-2H3;5-6H,1-4H2. The van der Waals surface area contributed by atoms with E-state index in [0.29, 0.717) is 39.6 Å². The highest BCUT2D eigenvalue weighted by Gasteiger charge is 1.84. The van der Waals surface area contributed by atoms with Gasteiger partial charge in [-0.05, 0) is 0 Å². The van der Waals surface area contributed by atoms with Crippen molar-refractivity contribution >= 4 is 0 Å². The summed E-state index contributed by atoms with van der Waals surface area (Å²) in [6.45, 7) is 3.31. The lowest BCUT2D eigenvalue weighted by Gasteiger charge is -2.00. The first-order chi connectivity index (χ1) is 7.83. The molecule has 0 saturated carbocycles. The number of aliphatic hydroxyl groups is 2. The van der Waals surface area contributed by atoms with E-state index in [9.17, 15) is 0 Å². The minimum Gasteiger partial charge on any atom is -0.394 e. The van der Waals surface area contributed by atoms with Gasteiger partial charge in [0, 0.05) is 14.2 Å². The van der Waals surface area contributed by atoms with E-state index in [1.165, 1.54) is 0 Å². The largest absolute Gasteiger partial charge is 0.394 e. The molecule has 0 rings (SSSR count). The fourth-order valence-electron chi connectivity index (χ4n) is 0.618. The fourth-order valence-corrected chi connectivity index (χ4v) is 0.618. The summed E-state index contributed by atoms with van der Waals surface area (Å²) < 4.78 is 19.2. The topological polar surface area (TPSA) is 77.4 Å². The minimum absolute atomic E-state index is 0.0278. The number of rotatable bonds is 10. The summed E-state index contributed by atoms with van der Waals surface area (Å²) in [6.07, 6.45) is 0. The Morgan fingerprint density at radius 3 is 1.31 bits per heavy atom. The molecule has 0 atom stereocenters. The predicted molar refractivity (Wildman–Crippen MR) is 59.6 cm³/mol. The van der Waals surface area contributed by atoms with Crippen molar-refractivity contribution in [1.29, 1.82) is 0 Å². The monoisotopic (exact) mass is 240 g/mol. The van der Waals surface area contributed by atoms with Crippen molar-refractivity contribution in [2.45, 2.75) is 0 Å². The molecule has 16 heavy (non-hydrogen) atoms. The first-order valence-electron chi connectivity index (χ1n) is 5.18. The van der Waals surface area contributed by atoms with E-state index in [-0.39, 0.29) is 13.2 Å². The van der Waals surface area contributed by atoms with Gasteiger partial charge in [-0.3, -0.25) is 0 Å². The molecule has 0 spiro atoms. The third kappa shape index (κ3) is 23.5. The molecule has 0 aromatic heterocycles. The van der Waals surface area contributed by atoms with Gasteiger partial charge in [0.15, 0.2) is 0 Å². The lowest BCUT2D eigenvalue weighted by molar-refractivity contribution is 0.0385. The number of methoxy groups -OCH3 is 2. The predicted octanol–water partition coefficient (Wildman–Crippen LogP) is -0.717. The first-order valence-corrected chi connectivity index (χ1v) is 5.18. The summed E-state index contributed by atoms with van der Waals surface area (Å²) in [5.74, 6) is 0. The zero-order valence-corrected chi connectivity index (χ0v) is 10.2. The summed E-state index contributed by atoms with van der Waals surface area (Å²) in [5, 5.41) is 16.2. The van der Waals surface area contributed by atoms with Crippen LogP contribution in [0.2, 0.25) is 0 Å². The van der Waals surface area contributed by atoms with Crippen LogP contribution in [0, 0.1) is 0 Å². The summed E-state index contributed by atoms with van der Waals surface area (Å²) in [6, 6.07) is 0. The van der Waals surface area contributed by atoms with E-state index in [1.54, 1.807) is 14.2 Å². The molecule has 0 saturated heterocycles. The van der Waals surface area contributed by atoms with Gasteiger partial charge in [-0.1, -0.05) is 0 Å². The van der Waals surface area contributed by atoms with Crippen molar-refractivity contribution in [3.63, 3.8) is 0 Å². The average molecular weight is 240 g/mol. The van der Waals surface area contributed by atoms with Crippen LogP contribution in [0.3, 0.4) is 0 Å². The Bertz CT molecular complexity index is 91.3. The molecule has 0 fully saturated rings. The van der Waals surface area contributed by atoms with Crippen molar-refractivity contribution < 1.29 is 29.2 Å². The minimum atomic E-state index is 0.0278. The molecule has 100 valence electrons. The molecular weight excluding hydrogens is 216 g/mol. The number of hydrogen-bond acceptors (Lipinski definition) is 6. The van der Waals surface area contributed by atoms with Gasteiger partial charge in [0.05, 0.1) is 52.9 Å². The summed E-state index contributed by atoms with van der Waals surface area (Å²) in [7, 11) is 3.30. The van der Waals surface area contributed by atoms with Gasteiger partial charge >= 0.3 is 0 Å². The second-order valence-corrected chi connectivity index (χ2v) is 2.66. The Kier molecular flexibility index (Phi) is 22.9. The Balaban J connectivity index is 0. The molecule has 0 bridgehead atoms. The van der Waals surface area contributed by atoms with E-state index < -0.39 is 0 Å². The maximum absolute atomic E-state index is 8.09. The smallest absolute Gasteiger partial charge is 0.0701 e. The summed E-state index contributed by atoms with van der Waals surface area (Å²) >= 11 is 0. The molecular formula is C10H24O6. The van der Waals surface area contributed by atoms with E-state index >= 15 is 0 Å². The van der Waals surface area contributed by atoms with E-state index in [2.05, 4.69) is 4.74 Å². The lowest BCUT2D eigenvalue weighted by atomic mass is 10.7. The number of hydrogen-bond donors (Lipinski definition) is 2. The molecule has 0 unspecified atom stereocenters.